The summed E-state index contributed by atoms with van der Waals surface area (Å²) in [6, 6.07) is 8.97. The Kier molecular flexibility index (Phi) is 3.07. The molecule has 1 fully saturated rings. The summed E-state index contributed by atoms with van der Waals surface area (Å²) in [4.78, 5) is 11.7. The monoisotopic (exact) mass is 270 g/mol. The van der Waals surface area contributed by atoms with Crippen LogP contribution in [0.5, 0.6) is 0 Å². The van der Waals surface area contributed by atoms with Gasteiger partial charge >= 0.3 is 5.97 Å². The summed E-state index contributed by atoms with van der Waals surface area (Å²) in [6.45, 7) is 0.938. The fourth-order valence-corrected chi connectivity index (χ4v) is 1.76. The van der Waals surface area contributed by atoms with Crippen LogP contribution in [-0.4, -0.2) is 30.1 Å². The lowest BCUT2D eigenvalue weighted by atomic mass is 10.1. The third-order valence-electron chi connectivity index (χ3n) is 2.29. The first-order valence-electron chi connectivity index (χ1n) is 4.68. The second kappa shape index (κ2) is 4.33. The van der Waals surface area contributed by atoms with Gasteiger partial charge in [0, 0.05) is 5.33 Å². The lowest BCUT2D eigenvalue weighted by Crippen LogP contribution is -2.54. The quantitative estimate of drug-likeness (QED) is 0.623. The van der Waals surface area contributed by atoms with Crippen LogP contribution in [0.15, 0.2) is 30.3 Å². The average Bonchev–Trinajstić information content (AvgIpc) is 2.24. The van der Waals surface area contributed by atoms with Crippen LogP contribution in [0.1, 0.15) is 10.4 Å². The number of rotatable bonds is 3. The van der Waals surface area contributed by atoms with Gasteiger partial charge in [0.05, 0.1) is 18.8 Å². The lowest BCUT2D eigenvalue weighted by Gasteiger charge is -2.38. The highest BCUT2D eigenvalue weighted by Gasteiger charge is 2.41. The van der Waals surface area contributed by atoms with Crippen LogP contribution < -0.4 is 0 Å². The Hall–Kier alpha value is -0.870. The number of ether oxygens (including phenoxy) is 2. The first kappa shape index (κ1) is 10.6. The summed E-state index contributed by atoms with van der Waals surface area (Å²) in [5.74, 6) is -0.293. The fraction of sp³-hybridized carbons (Fsp3) is 0.364. The van der Waals surface area contributed by atoms with Gasteiger partial charge in [0.1, 0.15) is 0 Å². The molecule has 0 aliphatic carbocycles. The number of carbonyl (C=O) groups is 1. The van der Waals surface area contributed by atoms with Crippen molar-refractivity contribution in [3.05, 3.63) is 35.9 Å². The van der Waals surface area contributed by atoms with E-state index in [-0.39, 0.29) is 5.97 Å². The minimum absolute atomic E-state index is 0.293. The molecule has 1 heterocycles. The van der Waals surface area contributed by atoms with Gasteiger partial charge in [-0.3, -0.25) is 0 Å². The average molecular weight is 271 g/mol. The van der Waals surface area contributed by atoms with E-state index in [1.54, 1.807) is 12.1 Å². The molecular formula is C11H11BrO3. The molecule has 1 aliphatic rings. The molecule has 2 rings (SSSR count). The molecule has 0 saturated carbocycles. The van der Waals surface area contributed by atoms with Gasteiger partial charge in [0.15, 0.2) is 5.60 Å². The molecule has 15 heavy (non-hydrogen) atoms. The Morgan fingerprint density at radius 1 is 1.40 bits per heavy atom. The smallest absolute Gasteiger partial charge is 0.338 e. The molecule has 0 N–H and O–H groups in total. The molecule has 0 amide bonds. The standard InChI is InChI=1S/C11H11BrO3/c12-6-11(7-14-8-11)15-10(13)9-4-2-1-3-5-9/h1-5H,6-8H2. The number of esters is 1. The molecule has 1 aliphatic heterocycles. The van der Waals surface area contributed by atoms with E-state index in [0.717, 1.165) is 0 Å². The number of benzene rings is 1. The van der Waals surface area contributed by atoms with Crippen LogP contribution >= 0.6 is 15.9 Å². The summed E-state index contributed by atoms with van der Waals surface area (Å²) >= 11 is 3.33. The van der Waals surface area contributed by atoms with E-state index in [2.05, 4.69) is 15.9 Å². The zero-order valence-corrected chi connectivity index (χ0v) is 9.70. The Morgan fingerprint density at radius 2 is 2.07 bits per heavy atom. The van der Waals surface area contributed by atoms with Crippen LogP contribution in [0.4, 0.5) is 0 Å². The number of alkyl halides is 1. The van der Waals surface area contributed by atoms with E-state index in [4.69, 9.17) is 9.47 Å². The maximum Gasteiger partial charge on any atom is 0.338 e. The van der Waals surface area contributed by atoms with E-state index in [0.29, 0.717) is 24.1 Å². The van der Waals surface area contributed by atoms with E-state index in [1.807, 2.05) is 18.2 Å². The Bertz CT molecular complexity index is 341. The molecule has 0 radical (unpaired) electrons. The van der Waals surface area contributed by atoms with Crippen LogP contribution in [0, 0.1) is 0 Å². The third kappa shape index (κ3) is 2.21. The summed E-state index contributed by atoms with van der Waals surface area (Å²) in [6.07, 6.45) is 0. The normalized spacial score (nSPS) is 17.9. The summed E-state index contributed by atoms with van der Waals surface area (Å²) in [5, 5.41) is 0.610. The van der Waals surface area contributed by atoms with Gasteiger partial charge in [0.2, 0.25) is 0 Å². The van der Waals surface area contributed by atoms with Gasteiger partial charge in [-0.2, -0.15) is 0 Å². The number of carbonyl (C=O) groups excluding carboxylic acids is 1. The van der Waals surface area contributed by atoms with Gasteiger partial charge in [-0.15, -0.1) is 0 Å². The van der Waals surface area contributed by atoms with Gasteiger partial charge in [0.25, 0.3) is 0 Å². The van der Waals surface area contributed by atoms with Crippen molar-refractivity contribution in [3.8, 4) is 0 Å². The van der Waals surface area contributed by atoms with Crippen molar-refractivity contribution >= 4 is 21.9 Å². The van der Waals surface area contributed by atoms with E-state index in [9.17, 15) is 4.79 Å². The number of hydrogen-bond acceptors (Lipinski definition) is 3. The second-order valence-electron chi connectivity index (χ2n) is 3.56. The van der Waals surface area contributed by atoms with E-state index >= 15 is 0 Å². The molecule has 1 aromatic carbocycles. The Morgan fingerprint density at radius 3 is 2.53 bits per heavy atom. The summed E-state index contributed by atoms with van der Waals surface area (Å²) in [7, 11) is 0. The van der Waals surface area contributed by atoms with Gasteiger partial charge in [-0.05, 0) is 12.1 Å². The van der Waals surface area contributed by atoms with Gasteiger partial charge in [-0.25, -0.2) is 4.79 Å². The maximum atomic E-state index is 11.7. The van der Waals surface area contributed by atoms with Gasteiger partial charge in [-0.1, -0.05) is 34.1 Å². The highest BCUT2D eigenvalue weighted by Crippen LogP contribution is 2.25. The van der Waals surface area contributed by atoms with Crippen LogP contribution in [0.2, 0.25) is 0 Å². The molecule has 0 aromatic heterocycles. The highest BCUT2D eigenvalue weighted by atomic mass is 79.9. The highest BCUT2D eigenvalue weighted by molar-refractivity contribution is 9.09. The van der Waals surface area contributed by atoms with Gasteiger partial charge < -0.3 is 9.47 Å². The lowest BCUT2D eigenvalue weighted by molar-refractivity contribution is -0.165. The minimum Gasteiger partial charge on any atom is -0.450 e. The molecule has 3 nitrogen and oxygen atoms in total. The Labute approximate surface area is 96.5 Å². The van der Waals surface area contributed by atoms with Crippen molar-refractivity contribution in [3.63, 3.8) is 0 Å². The molecule has 4 heteroatoms. The minimum atomic E-state index is -0.465. The number of hydrogen-bond donors (Lipinski definition) is 0. The van der Waals surface area contributed by atoms with Crippen molar-refractivity contribution in [1.29, 1.82) is 0 Å². The molecule has 1 aromatic rings. The first-order valence-corrected chi connectivity index (χ1v) is 5.80. The van der Waals surface area contributed by atoms with E-state index < -0.39 is 5.60 Å². The maximum absolute atomic E-state index is 11.7. The first-order chi connectivity index (χ1) is 7.26. The van der Waals surface area contributed by atoms with Crippen molar-refractivity contribution in [2.45, 2.75) is 5.60 Å². The molecule has 0 atom stereocenters. The van der Waals surface area contributed by atoms with Crippen molar-refractivity contribution in [1.82, 2.24) is 0 Å². The zero-order valence-electron chi connectivity index (χ0n) is 8.11. The largest absolute Gasteiger partial charge is 0.450 e. The predicted molar refractivity (Wildman–Crippen MR) is 59.2 cm³/mol. The number of halogens is 1. The van der Waals surface area contributed by atoms with Crippen molar-refractivity contribution in [2.24, 2.45) is 0 Å². The van der Waals surface area contributed by atoms with Crippen molar-refractivity contribution < 1.29 is 14.3 Å². The molecule has 80 valence electrons. The summed E-state index contributed by atoms with van der Waals surface area (Å²) in [5.41, 5.74) is 0.108. The molecule has 0 unspecified atom stereocenters. The zero-order chi connectivity index (χ0) is 10.7. The van der Waals surface area contributed by atoms with Crippen molar-refractivity contribution in [2.75, 3.05) is 18.5 Å². The summed E-state index contributed by atoms with van der Waals surface area (Å²) < 4.78 is 10.5. The van der Waals surface area contributed by atoms with Crippen LogP contribution in [-0.2, 0) is 9.47 Å². The SMILES string of the molecule is O=C(OC1(CBr)COC1)c1ccccc1. The van der Waals surface area contributed by atoms with Crippen LogP contribution in [0.25, 0.3) is 0 Å². The topological polar surface area (TPSA) is 35.5 Å². The Balaban J connectivity index is 2.04. The van der Waals surface area contributed by atoms with Crippen LogP contribution in [0.3, 0.4) is 0 Å². The second-order valence-corrected chi connectivity index (χ2v) is 4.13. The predicted octanol–water partition coefficient (Wildman–Crippen LogP) is 2.01. The molecule has 0 bridgehead atoms. The third-order valence-corrected chi connectivity index (χ3v) is 3.31. The molecular weight excluding hydrogens is 260 g/mol. The van der Waals surface area contributed by atoms with E-state index in [1.165, 1.54) is 0 Å². The fourth-order valence-electron chi connectivity index (χ4n) is 1.32. The molecule has 0 spiro atoms. The molecule has 1 saturated heterocycles.